The van der Waals surface area contributed by atoms with Gasteiger partial charge in [0.1, 0.15) is 11.9 Å². The van der Waals surface area contributed by atoms with Crippen molar-refractivity contribution in [1.82, 2.24) is 4.90 Å². The number of carbonyl (C=O) groups excluding carboxylic acids is 1. The molecule has 7 heteroatoms. The molecule has 0 radical (unpaired) electrons. The lowest BCUT2D eigenvalue weighted by molar-refractivity contribution is 0.0359. The van der Waals surface area contributed by atoms with Gasteiger partial charge in [0.05, 0.1) is 11.6 Å². The van der Waals surface area contributed by atoms with Gasteiger partial charge in [0.25, 0.3) is 5.91 Å². The minimum Gasteiger partial charge on any atom is -0.490 e. The molecule has 2 fully saturated rings. The van der Waals surface area contributed by atoms with E-state index in [0.717, 1.165) is 37.3 Å². The van der Waals surface area contributed by atoms with Crippen LogP contribution in [-0.2, 0) is 5.75 Å². The van der Waals surface area contributed by atoms with E-state index >= 15 is 0 Å². The topological polar surface area (TPSA) is 53.3 Å². The summed E-state index contributed by atoms with van der Waals surface area (Å²) in [6.07, 6.45) is 3.53. The maximum absolute atomic E-state index is 13.4. The van der Waals surface area contributed by atoms with E-state index in [0.29, 0.717) is 27.5 Å². The van der Waals surface area contributed by atoms with E-state index in [1.165, 1.54) is 17.8 Å². The molecule has 2 atom stereocenters. The van der Waals surface area contributed by atoms with E-state index < -0.39 is 11.6 Å². The molecule has 1 amide bonds. The van der Waals surface area contributed by atoms with Gasteiger partial charge in [-0.1, -0.05) is 18.2 Å². The average molecular weight is 491 g/mol. The maximum atomic E-state index is 13.4. The minimum absolute atomic E-state index is 0.0289. The van der Waals surface area contributed by atoms with Crippen molar-refractivity contribution < 1.29 is 18.3 Å². The number of hydrogen-bond donors (Lipinski definition) is 0. The molecule has 35 heavy (non-hydrogen) atoms. The Morgan fingerprint density at radius 3 is 2.43 bits per heavy atom. The second-order valence-electron chi connectivity index (χ2n) is 9.01. The van der Waals surface area contributed by atoms with Crippen LogP contribution in [0.25, 0.3) is 0 Å². The predicted octanol–water partition coefficient (Wildman–Crippen LogP) is 6.34. The summed E-state index contributed by atoms with van der Waals surface area (Å²) in [7, 11) is 0. The SMILES string of the molecule is N#Cc1cccc(OC2CC3CCC(C2)N3C(=O)c2ccc(CSc3ccc(F)c(F)c3)cc2)c1. The van der Waals surface area contributed by atoms with Crippen molar-refractivity contribution in [3.63, 3.8) is 0 Å². The number of ether oxygens (including phenoxy) is 1. The smallest absolute Gasteiger partial charge is 0.254 e. The molecule has 178 valence electrons. The van der Waals surface area contributed by atoms with Crippen LogP contribution < -0.4 is 4.74 Å². The van der Waals surface area contributed by atoms with Gasteiger partial charge in [-0.2, -0.15) is 5.26 Å². The number of benzene rings is 3. The molecule has 2 bridgehead atoms. The van der Waals surface area contributed by atoms with Crippen molar-refractivity contribution in [2.24, 2.45) is 0 Å². The molecule has 0 aromatic heterocycles. The highest BCUT2D eigenvalue weighted by Gasteiger charge is 2.44. The maximum Gasteiger partial charge on any atom is 0.254 e. The zero-order chi connectivity index (χ0) is 24.4. The molecule has 0 N–H and O–H groups in total. The largest absolute Gasteiger partial charge is 0.490 e. The van der Waals surface area contributed by atoms with Gasteiger partial charge in [0, 0.05) is 41.1 Å². The number of carbonyl (C=O) groups is 1. The Morgan fingerprint density at radius 2 is 1.74 bits per heavy atom. The Labute approximate surface area is 207 Å². The summed E-state index contributed by atoms with van der Waals surface area (Å²) in [5, 5.41) is 9.11. The van der Waals surface area contributed by atoms with E-state index in [1.807, 2.05) is 41.3 Å². The lowest BCUT2D eigenvalue weighted by Gasteiger charge is -2.39. The molecule has 0 aliphatic carbocycles. The molecular formula is C28H24F2N2O2S. The number of rotatable bonds is 6. The van der Waals surface area contributed by atoms with Crippen LogP contribution in [0, 0.1) is 23.0 Å². The molecule has 0 saturated carbocycles. The van der Waals surface area contributed by atoms with Crippen molar-refractivity contribution >= 4 is 17.7 Å². The Morgan fingerprint density at radius 1 is 1.00 bits per heavy atom. The van der Waals surface area contributed by atoms with Gasteiger partial charge in [-0.15, -0.1) is 11.8 Å². The first-order valence-electron chi connectivity index (χ1n) is 11.7. The third kappa shape index (κ3) is 5.18. The number of nitriles is 1. The summed E-state index contributed by atoms with van der Waals surface area (Å²) in [6, 6.07) is 21.0. The Balaban J connectivity index is 1.19. The normalized spacial score (nSPS) is 20.9. The molecule has 2 heterocycles. The molecule has 2 unspecified atom stereocenters. The summed E-state index contributed by atoms with van der Waals surface area (Å²) < 4.78 is 32.7. The van der Waals surface area contributed by atoms with E-state index in [2.05, 4.69) is 6.07 Å². The molecule has 2 saturated heterocycles. The zero-order valence-electron chi connectivity index (χ0n) is 19.0. The van der Waals surface area contributed by atoms with E-state index in [-0.39, 0.29) is 24.1 Å². The van der Waals surface area contributed by atoms with Gasteiger partial charge in [0.15, 0.2) is 11.6 Å². The van der Waals surface area contributed by atoms with Gasteiger partial charge in [-0.05, 0) is 66.9 Å². The highest BCUT2D eigenvalue weighted by atomic mass is 32.2. The first-order valence-corrected chi connectivity index (χ1v) is 12.6. The lowest BCUT2D eigenvalue weighted by atomic mass is 9.98. The third-order valence-corrected chi connectivity index (χ3v) is 7.75. The molecule has 3 aromatic carbocycles. The molecular weight excluding hydrogens is 466 g/mol. The van der Waals surface area contributed by atoms with Crippen LogP contribution in [0.3, 0.4) is 0 Å². The highest BCUT2D eigenvalue weighted by molar-refractivity contribution is 7.98. The predicted molar refractivity (Wildman–Crippen MR) is 130 cm³/mol. The van der Waals surface area contributed by atoms with Crippen LogP contribution in [-0.4, -0.2) is 29.0 Å². The van der Waals surface area contributed by atoms with Gasteiger partial charge in [-0.25, -0.2) is 8.78 Å². The van der Waals surface area contributed by atoms with Crippen molar-refractivity contribution in [3.8, 4) is 11.8 Å². The van der Waals surface area contributed by atoms with Crippen molar-refractivity contribution in [2.75, 3.05) is 0 Å². The number of thioether (sulfide) groups is 1. The molecule has 2 aliphatic rings. The average Bonchev–Trinajstić information content (AvgIpc) is 3.14. The number of piperidine rings is 1. The fraction of sp³-hybridized carbons (Fsp3) is 0.286. The number of amides is 1. The first-order chi connectivity index (χ1) is 17.0. The van der Waals surface area contributed by atoms with Crippen LogP contribution in [0.4, 0.5) is 8.78 Å². The lowest BCUT2D eigenvalue weighted by Crippen LogP contribution is -2.49. The molecule has 4 nitrogen and oxygen atoms in total. The Kier molecular flexibility index (Phi) is 6.74. The fourth-order valence-corrected chi connectivity index (χ4v) is 5.89. The zero-order valence-corrected chi connectivity index (χ0v) is 19.8. The highest BCUT2D eigenvalue weighted by Crippen LogP contribution is 2.38. The van der Waals surface area contributed by atoms with Crippen LogP contribution in [0.15, 0.2) is 71.6 Å². The summed E-state index contributed by atoms with van der Waals surface area (Å²) in [6.45, 7) is 0. The van der Waals surface area contributed by atoms with Crippen LogP contribution in [0.1, 0.15) is 47.2 Å². The Hall–Kier alpha value is -3.37. The molecule has 0 spiro atoms. The van der Waals surface area contributed by atoms with Crippen molar-refractivity contribution in [1.29, 1.82) is 5.26 Å². The van der Waals surface area contributed by atoms with E-state index in [1.54, 1.807) is 18.2 Å². The quantitative estimate of drug-likeness (QED) is 0.378. The number of hydrogen-bond acceptors (Lipinski definition) is 4. The number of fused-ring (bicyclic) bond motifs is 2. The summed E-state index contributed by atoms with van der Waals surface area (Å²) in [5.74, 6) is -0.363. The van der Waals surface area contributed by atoms with Crippen LogP contribution >= 0.6 is 11.8 Å². The Bertz CT molecular complexity index is 1260. The third-order valence-electron chi connectivity index (χ3n) is 6.69. The van der Waals surface area contributed by atoms with Crippen LogP contribution in [0.5, 0.6) is 5.75 Å². The van der Waals surface area contributed by atoms with Gasteiger partial charge in [0.2, 0.25) is 0 Å². The summed E-state index contributed by atoms with van der Waals surface area (Å²) in [4.78, 5) is 16.0. The van der Waals surface area contributed by atoms with Gasteiger partial charge in [-0.3, -0.25) is 4.79 Å². The van der Waals surface area contributed by atoms with Crippen molar-refractivity contribution in [2.45, 2.75) is 54.5 Å². The monoisotopic (exact) mass is 490 g/mol. The fourth-order valence-electron chi connectivity index (χ4n) is 5.01. The van der Waals surface area contributed by atoms with Crippen LogP contribution in [0.2, 0.25) is 0 Å². The van der Waals surface area contributed by atoms with Gasteiger partial charge < -0.3 is 9.64 Å². The van der Waals surface area contributed by atoms with E-state index in [4.69, 9.17) is 10.00 Å². The standard InChI is InChI=1S/C28H24F2N2O2S/c29-26-11-10-25(15-27(26)30)35-17-18-4-6-20(7-5-18)28(33)32-21-8-9-22(32)14-24(13-21)34-23-3-1-2-19(12-23)16-31/h1-7,10-12,15,21-22,24H,8-9,13-14,17H2. The molecule has 3 aromatic rings. The summed E-state index contributed by atoms with van der Waals surface area (Å²) in [5.41, 5.74) is 2.24. The van der Waals surface area contributed by atoms with Gasteiger partial charge >= 0.3 is 0 Å². The molecule has 2 aliphatic heterocycles. The summed E-state index contributed by atoms with van der Waals surface area (Å²) >= 11 is 1.42. The second-order valence-corrected chi connectivity index (χ2v) is 10.1. The second kappa shape index (κ2) is 10.1. The van der Waals surface area contributed by atoms with Crippen molar-refractivity contribution in [3.05, 3.63) is 95.1 Å². The minimum atomic E-state index is -0.852. The first kappa shape index (κ1) is 23.4. The number of nitrogens with zero attached hydrogens (tertiary/aromatic N) is 2. The number of halogens is 2. The van der Waals surface area contributed by atoms with E-state index in [9.17, 15) is 13.6 Å². The molecule has 5 rings (SSSR count).